The second-order valence-electron chi connectivity index (χ2n) is 2.94. The summed E-state index contributed by atoms with van der Waals surface area (Å²) in [5.74, 6) is -0.409. The van der Waals surface area contributed by atoms with Crippen molar-refractivity contribution in [3.05, 3.63) is 24.3 Å². The van der Waals surface area contributed by atoms with Crippen molar-refractivity contribution < 1.29 is 18.3 Å². The highest BCUT2D eigenvalue weighted by atomic mass is 32.2. The molecule has 0 aliphatic rings. The summed E-state index contributed by atoms with van der Waals surface area (Å²) >= 11 is 0.939. The molecule has 3 N–H and O–H groups in total. The standard InChI is InChI=1S/C9H10F3NOS/c10-9(11,12)8(14)5-15-7-3-1-6(13)2-4-7/h1-4,8,14H,5,13H2. The molecular weight excluding hydrogens is 227 g/mol. The van der Waals surface area contributed by atoms with Gasteiger partial charge in [-0.25, -0.2) is 0 Å². The van der Waals surface area contributed by atoms with Gasteiger partial charge in [-0.2, -0.15) is 13.2 Å². The van der Waals surface area contributed by atoms with Crippen molar-refractivity contribution >= 4 is 17.4 Å². The Morgan fingerprint density at radius 2 is 1.80 bits per heavy atom. The molecule has 15 heavy (non-hydrogen) atoms. The lowest BCUT2D eigenvalue weighted by molar-refractivity contribution is -0.195. The van der Waals surface area contributed by atoms with Crippen molar-refractivity contribution in [1.29, 1.82) is 0 Å². The molecular formula is C9H10F3NOS. The summed E-state index contributed by atoms with van der Waals surface area (Å²) in [6.07, 6.45) is -6.85. The Balaban J connectivity index is 2.47. The molecule has 0 aliphatic carbocycles. The lowest BCUT2D eigenvalue weighted by atomic mass is 10.3. The van der Waals surface area contributed by atoms with Gasteiger partial charge in [-0.15, -0.1) is 11.8 Å². The first-order valence-electron chi connectivity index (χ1n) is 4.12. The number of aliphatic hydroxyl groups excluding tert-OH is 1. The maximum atomic E-state index is 11.9. The van der Waals surface area contributed by atoms with Crippen LogP contribution in [0.5, 0.6) is 0 Å². The molecule has 1 rings (SSSR count). The van der Waals surface area contributed by atoms with Crippen molar-refractivity contribution in [2.45, 2.75) is 17.2 Å². The van der Waals surface area contributed by atoms with Crippen LogP contribution in [0.4, 0.5) is 18.9 Å². The molecule has 0 bridgehead atoms. The number of hydrogen-bond acceptors (Lipinski definition) is 3. The van der Waals surface area contributed by atoms with E-state index in [2.05, 4.69) is 0 Å². The van der Waals surface area contributed by atoms with Gasteiger partial charge in [-0.1, -0.05) is 0 Å². The molecule has 0 amide bonds. The SMILES string of the molecule is Nc1ccc(SCC(O)C(F)(F)F)cc1. The Morgan fingerprint density at radius 1 is 1.27 bits per heavy atom. The molecule has 0 heterocycles. The number of alkyl halides is 3. The molecule has 0 saturated heterocycles. The Morgan fingerprint density at radius 3 is 2.27 bits per heavy atom. The number of halogens is 3. The number of rotatable bonds is 3. The van der Waals surface area contributed by atoms with Gasteiger partial charge < -0.3 is 10.8 Å². The first-order valence-corrected chi connectivity index (χ1v) is 5.11. The predicted octanol–water partition coefficient (Wildman–Crippen LogP) is 2.28. The first kappa shape index (κ1) is 12.2. The van der Waals surface area contributed by atoms with Gasteiger partial charge in [0.05, 0.1) is 0 Å². The van der Waals surface area contributed by atoms with Crippen LogP contribution in [0, 0.1) is 0 Å². The maximum absolute atomic E-state index is 11.9. The fourth-order valence-electron chi connectivity index (χ4n) is 0.834. The van der Waals surface area contributed by atoms with Gasteiger partial charge in [0.25, 0.3) is 0 Å². The zero-order valence-electron chi connectivity index (χ0n) is 7.66. The van der Waals surface area contributed by atoms with Crippen molar-refractivity contribution in [2.24, 2.45) is 0 Å². The van der Waals surface area contributed by atoms with Crippen LogP contribution in [-0.2, 0) is 0 Å². The lowest BCUT2D eigenvalue weighted by Gasteiger charge is -2.13. The summed E-state index contributed by atoms with van der Waals surface area (Å²) in [5, 5.41) is 8.73. The van der Waals surface area contributed by atoms with Crippen molar-refractivity contribution in [1.82, 2.24) is 0 Å². The van der Waals surface area contributed by atoms with Crippen molar-refractivity contribution in [3.8, 4) is 0 Å². The Kier molecular flexibility index (Phi) is 3.87. The molecule has 84 valence electrons. The summed E-state index contributed by atoms with van der Waals surface area (Å²) < 4.78 is 35.8. The summed E-state index contributed by atoms with van der Waals surface area (Å²) in [6.45, 7) is 0. The first-order chi connectivity index (χ1) is 6.89. The zero-order valence-corrected chi connectivity index (χ0v) is 8.48. The number of thioether (sulfide) groups is 1. The number of benzene rings is 1. The van der Waals surface area contributed by atoms with E-state index in [1.165, 1.54) is 0 Å². The van der Waals surface area contributed by atoms with Gasteiger partial charge in [0.2, 0.25) is 0 Å². The van der Waals surface area contributed by atoms with E-state index in [1.807, 2.05) is 0 Å². The Bertz CT molecular complexity index is 312. The number of nitrogen functional groups attached to an aromatic ring is 1. The van der Waals surface area contributed by atoms with E-state index < -0.39 is 18.0 Å². The largest absolute Gasteiger partial charge is 0.415 e. The van der Waals surface area contributed by atoms with Crippen LogP contribution < -0.4 is 5.73 Å². The van der Waals surface area contributed by atoms with Gasteiger partial charge in [0.1, 0.15) is 0 Å². The van der Waals surface area contributed by atoms with Crippen LogP contribution in [0.15, 0.2) is 29.2 Å². The predicted molar refractivity (Wildman–Crippen MR) is 53.6 cm³/mol. The molecule has 0 aliphatic heterocycles. The molecule has 1 atom stereocenters. The van der Waals surface area contributed by atoms with E-state index in [4.69, 9.17) is 10.8 Å². The maximum Gasteiger partial charge on any atom is 0.415 e. The molecule has 1 aromatic carbocycles. The summed E-state index contributed by atoms with van der Waals surface area (Å²) in [6, 6.07) is 6.43. The zero-order chi connectivity index (χ0) is 11.5. The highest BCUT2D eigenvalue weighted by Crippen LogP contribution is 2.26. The van der Waals surface area contributed by atoms with Crippen LogP contribution in [0.1, 0.15) is 0 Å². The second kappa shape index (κ2) is 4.76. The van der Waals surface area contributed by atoms with E-state index in [0.29, 0.717) is 10.6 Å². The number of nitrogens with two attached hydrogens (primary N) is 1. The van der Waals surface area contributed by atoms with E-state index in [1.54, 1.807) is 24.3 Å². The molecule has 0 aromatic heterocycles. The second-order valence-corrected chi connectivity index (χ2v) is 4.03. The number of anilines is 1. The molecule has 0 saturated carbocycles. The van der Waals surface area contributed by atoms with E-state index in [-0.39, 0.29) is 0 Å². The third kappa shape index (κ3) is 4.01. The Hall–Kier alpha value is -0.880. The average molecular weight is 237 g/mol. The smallest absolute Gasteiger partial charge is 0.399 e. The van der Waals surface area contributed by atoms with E-state index in [9.17, 15) is 13.2 Å². The van der Waals surface area contributed by atoms with Gasteiger partial charge in [-0.3, -0.25) is 0 Å². The molecule has 6 heteroatoms. The van der Waals surface area contributed by atoms with Gasteiger partial charge in [0.15, 0.2) is 6.10 Å². The highest BCUT2D eigenvalue weighted by molar-refractivity contribution is 7.99. The minimum Gasteiger partial charge on any atom is -0.399 e. The highest BCUT2D eigenvalue weighted by Gasteiger charge is 2.37. The lowest BCUT2D eigenvalue weighted by Crippen LogP contribution is -2.30. The third-order valence-electron chi connectivity index (χ3n) is 1.67. The fraction of sp³-hybridized carbons (Fsp3) is 0.333. The molecule has 0 radical (unpaired) electrons. The summed E-state index contributed by atoms with van der Waals surface area (Å²) in [4.78, 5) is 0.646. The third-order valence-corrected chi connectivity index (χ3v) is 2.75. The summed E-state index contributed by atoms with van der Waals surface area (Å²) in [5.41, 5.74) is 5.96. The minimum atomic E-state index is -4.55. The fourth-order valence-corrected chi connectivity index (χ4v) is 1.70. The van der Waals surface area contributed by atoms with Crippen LogP contribution >= 0.6 is 11.8 Å². The number of aliphatic hydroxyl groups is 1. The molecule has 2 nitrogen and oxygen atoms in total. The van der Waals surface area contributed by atoms with Crippen LogP contribution in [0.3, 0.4) is 0 Å². The van der Waals surface area contributed by atoms with Crippen molar-refractivity contribution in [2.75, 3.05) is 11.5 Å². The monoisotopic (exact) mass is 237 g/mol. The minimum absolute atomic E-state index is 0.409. The normalized spacial score (nSPS) is 13.9. The van der Waals surface area contributed by atoms with E-state index >= 15 is 0 Å². The quantitative estimate of drug-likeness (QED) is 0.626. The summed E-state index contributed by atoms with van der Waals surface area (Å²) in [7, 11) is 0. The molecule has 0 fully saturated rings. The average Bonchev–Trinajstić information content (AvgIpc) is 2.15. The van der Waals surface area contributed by atoms with Crippen molar-refractivity contribution in [3.63, 3.8) is 0 Å². The van der Waals surface area contributed by atoms with Crippen LogP contribution in [0.25, 0.3) is 0 Å². The van der Waals surface area contributed by atoms with Gasteiger partial charge in [0, 0.05) is 16.3 Å². The molecule has 1 aromatic rings. The van der Waals surface area contributed by atoms with Gasteiger partial charge in [-0.05, 0) is 24.3 Å². The topological polar surface area (TPSA) is 46.2 Å². The van der Waals surface area contributed by atoms with Crippen LogP contribution in [0.2, 0.25) is 0 Å². The number of hydrogen-bond donors (Lipinski definition) is 2. The van der Waals surface area contributed by atoms with Crippen LogP contribution in [-0.4, -0.2) is 23.1 Å². The Labute approximate surface area is 89.3 Å². The van der Waals surface area contributed by atoms with Gasteiger partial charge >= 0.3 is 6.18 Å². The van der Waals surface area contributed by atoms with E-state index in [0.717, 1.165) is 11.8 Å². The molecule has 0 spiro atoms. The molecule has 1 unspecified atom stereocenters.